The molecule has 0 aliphatic heterocycles. The Morgan fingerprint density at radius 3 is 2.66 bits per heavy atom. The number of ketones is 1. The molecule has 1 unspecified atom stereocenters. The Balaban J connectivity index is 1.80. The minimum absolute atomic E-state index is 0.0184. The molecule has 4 rings (SSSR count). The van der Waals surface area contributed by atoms with Crippen molar-refractivity contribution in [3.63, 3.8) is 0 Å². The second-order valence-corrected chi connectivity index (χ2v) is 10.3. The molecule has 3 saturated carbocycles. The van der Waals surface area contributed by atoms with E-state index < -0.39 is 40.7 Å². The SMILES string of the molecule is C[C@@H]1C[C@H]2[C@@H]3C[C@H](F)C4=CC(=O)C=C[C@]4(C)C3(F)[C@@H](O)C[C@]2(C)[C]1C(=O)SCF. The Bertz CT molecular complexity index is 813. The zero-order valence-electron chi connectivity index (χ0n) is 16.8. The topological polar surface area (TPSA) is 54.4 Å². The summed E-state index contributed by atoms with van der Waals surface area (Å²) in [6.07, 6.45) is 1.27. The highest BCUT2D eigenvalue weighted by atomic mass is 32.2. The molecule has 29 heavy (non-hydrogen) atoms. The van der Waals surface area contributed by atoms with Gasteiger partial charge in [0.15, 0.2) is 16.6 Å². The summed E-state index contributed by atoms with van der Waals surface area (Å²) in [5.41, 5.74) is -4.28. The van der Waals surface area contributed by atoms with Crippen LogP contribution in [-0.2, 0) is 9.59 Å². The molecule has 0 bridgehead atoms. The van der Waals surface area contributed by atoms with Crippen LogP contribution in [0.5, 0.6) is 0 Å². The van der Waals surface area contributed by atoms with E-state index in [1.54, 1.807) is 6.92 Å². The van der Waals surface area contributed by atoms with Gasteiger partial charge < -0.3 is 5.11 Å². The van der Waals surface area contributed by atoms with Crippen LogP contribution in [0.4, 0.5) is 13.2 Å². The van der Waals surface area contributed by atoms with Gasteiger partial charge in [-0.2, -0.15) is 0 Å². The fourth-order valence-corrected chi connectivity index (χ4v) is 7.61. The average Bonchev–Trinajstić information content (AvgIpc) is 2.90. The lowest BCUT2D eigenvalue weighted by Crippen LogP contribution is -2.68. The van der Waals surface area contributed by atoms with Gasteiger partial charge in [0.05, 0.1) is 12.0 Å². The van der Waals surface area contributed by atoms with Gasteiger partial charge in [-0.1, -0.05) is 31.7 Å². The molecule has 4 aliphatic rings. The maximum absolute atomic E-state index is 16.9. The number of rotatable bonds is 2. The molecule has 0 spiro atoms. The Morgan fingerprint density at radius 2 is 2.00 bits per heavy atom. The molecule has 0 saturated heterocycles. The van der Waals surface area contributed by atoms with E-state index in [0.29, 0.717) is 24.1 Å². The summed E-state index contributed by atoms with van der Waals surface area (Å²) in [5, 5.41) is 10.7. The van der Waals surface area contributed by atoms with E-state index in [9.17, 15) is 19.1 Å². The lowest BCUT2D eigenvalue weighted by molar-refractivity contribution is -0.193. The van der Waals surface area contributed by atoms with E-state index in [2.05, 4.69) is 0 Å². The monoisotopic (exact) mass is 427 g/mol. The number of alkyl halides is 3. The van der Waals surface area contributed by atoms with Gasteiger partial charge in [0.25, 0.3) is 0 Å². The fraction of sp³-hybridized carbons (Fsp3) is 0.682. The van der Waals surface area contributed by atoms with Crippen molar-refractivity contribution in [3.05, 3.63) is 29.7 Å². The van der Waals surface area contributed by atoms with Crippen LogP contribution in [0, 0.1) is 34.5 Å². The van der Waals surface area contributed by atoms with Gasteiger partial charge in [-0.3, -0.25) is 9.59 Å². The summed E-state index contributed by atoms with van der Waals surface area (Å²) in [4.78, 5) is 24.5. The van der Waals surface area contributed by atoms with Crippen LogP contribution in [0.15, 0.2) is 23.8 Å². The minimum atomic E-state index is -2.14. The van der Waals surface area contributed by atoms with Crippen LogP contribution in [-0.4, -0.2) is 40.0 Å². The quantitative estimate of drug-likeness (QED) is 0.714. The molecule has 0 heterocycles. The first-order chi connectivity index (χ1) is 13.5. The summed E-state index contributed by atoms with van der Waals surface area (Å²) in [7, 11) is 0. The number of carbonyl (C=O) groups excluding carboxylic acids is 2. The van der Waals surface area contributed by atoms with Crippen LogP contribution in [0.2, 0.25) is 0 Å². The standard InChI is InChI=1S/C22H26F3O3S/c1-11-6-13-14-8-16(24)15-7-12(26)4-5-21(15,3)22(14,25)17(27)9-20(13,2)18(11)19(28)29-10-23/h4-5,7,11,13-14,16-17,27H,6,8-10H2,1-3H3/t11-,13+,14+,16+,17+,20+,21+,22?/m1/s1. The summed E-state index contributed by atoms with van der Waals surface area (Å²) in [6, 6.07) is -0.841. The molecular weight excluding hydrogens is 401 g/mol. The van der Waals surface area contributed by atoms with Gasteiger partial charge in [-0.15, -0.1) is 0 Å². The summed E-state index contributed by atoms with van der Waals surface area (Å²) in [6.45, 7) is 5.25. The maximum Gasteiger partial charge on any atom is 0.199 e. The average molecular weight is 428 g/mol. The fourth-order valence-electron chi connectivity index (χ4n) is 6.92. The second-order valence-electron chi connectivity index (χ2n) is 9.45. The van der Waals surface area contributed by atoms with E-state index in [-0.39, 0.29) is 41.1 Å². The number of aliphatic hydroxyl groups is 1. The molecule has 1 radical (unpaired) electrons. The van der Waals surface area contributed by atoms with Crippen molar-refractivity contribution in [2.45, 2.75) is 58.0 Å². The van der Waals surface area contributed by atoms with Gasteiger partial charge in [0.1, 0.15) is 12.2 Å². The predicted molar refractivity (Wildman–Crippen MR) is 105 cm³/mol. The molecule has 8 atom stereocenters. The predicted octanol–water partition coefficient (Wildman–Crippen LogP) is 4.31. The third kappa shape index (κ3) is 2.62. The van der Waals surface area contributed by atoms with Crippen LogP contribution in [0.3, 0.4) is 0 Å². The lowest BCUT2D eigenvalue weighted by atomic mass is 9.45. The molecular formula is C22H26F3O3S. The van der Waals surface area contributed by atoms with Crippen molar-refractivity contribution >= 4 is 22.7 Å². The molecule has 3 nitrogen and oxygen atoms in total. The normalized spacial score (nSPS) is 49.3. The third-order valence-electron chi connectivity index (χ3n) is 8.14. The molecule has 159 valence electrons. The maximum atomic E-state index is 16.9. The summed E-state index contributed by atoms with van der Waals surface area (Å²) >= 11 is 0.585. The molecule has 0 amide bonds. The van der Waals surface area contributed by atoms with Crippen LogP contribution < -0.4 is 0 Å². The number of hydrogen-bond donors (Lipinski definition) is 1. The highest BCUT2D eigenvalue weighted by Gasteiger charge is 2.73. The molecule has 0 aromatic heterocycles. The number of halogens is 3. The summed E-state index contributed by atoms with van der Waals surface area (Å²) in [5.74, 6) is -1.18. The van der Waals surface area contributed by atoms with Crippen molar-refractivity contribution in [2.24, 2.45) is 28.6 Å². The van der Waals surface area contributed by atoms with E-state index in [1.165, 1.54) is 18.2 Å². The zero-order chi connectivity index (χ0) is 21.4. The van der Waals surface area contributed by atoms with E-state index in [4.69, 9.17) is 0 Å². The van der Waals surface area contributed by atoms with Gasteiger partial charge in [-0.05, 0) is 61.2 Å². The summed E-state index contributed by atoms with van der Waals surface area (Å²) < 4.78 is 44.9. The van der Waals surface area contributed by atoms with Gasteiger partial charge in [0.2, 0.25) is 0 Å². The van der Waals surface area contributed by atoms with Gasteiger partial charge >= 0.3 is 0 Å². The Labute approximate surface area is 173 Å². The van der Waals surface area contributed by atoms with Crippen LogP contribution >= 0.6 is 11.8 Å². The van der Waals surface area contributed by atoms with E-state index >= 15 is 8.78 Å². The van der Waals surface area contributed by atoms with Crippen LogP contribution in [0.25, 0.3) is 0 Å². The number of carbonyl (C=O) groups is 2. The van der Waals surface area contributed by atoms with Crippen molar-refractivity contribution in [1.82, 2.24) is 0 Å². The van der Waals surface area contributed by atoms with E-state index in [0.717, 1.165) is 0 Å². The van der Waals surface area contributed by atoms with Crippen molar-refractivity contribution in [3.8, 4) is 0 Å². The second kappa shape index (κ2) is 6.71. The molecule has 3 fully saturated rings. The van der Waals surface area contributed by atoms with Crippen molar-refractivity contribution in [1.29, 1.82) is 0 Å². The Hall–Kier alpha value is -1.08. The Kier molecular flexibility index (Phi) is 4.90. The molecule has 1 N–H and O–H groups in total. The first-order valence-electron chi connectivity index (χ1n) is 10.1. The highest BCUT2D eigenvalue weighted by Crippen LogP contribution is 2.70. The first-order valence-corrected chi connectivity index (χ1v) is 11.1. The molecule has 0 aromatic carbocycles. The molecule has 7 heteroatoms. The van der Waals surface area contributed by atoms with Crippen molar-refractivity contribution < 1.29 is 27.9 Å². The number of fused-ring (bicyclic) bond motifs is 5. The number of aliphatic hydroxyl groups excluding tert-OH is 1. The molecule has 4 aliphatic carbocycles. The van der Waals surface area contributed by atoms with Gasteiger partial charge in [0, 0.05) is 11.3 Å². The van der Waals surface area contributed by atoms with Crippen molar-refractivity contribution in [2.75, 3.05) is 6.01 Å². The minimum Gasteiger partial charge on any atom is -0.390 e. The largest absolute Gasteiger partial charge is 0.390 e. The first kappa shape index (κ1) is 21.2. The smallest absolute Gasteiger partial charge is 0.199 e. The number of thioether (sulfide) groups is 1. The number of hydrogen-bond acceptors (Lipinski definition) is 4. The van der Waals surface area contributed by atoms with E-state index in [1.807, 2.05) is 13.8 Å². The van der Waals surface area contributed by atoms with Gasteiger partial charge in [-0.25, -0.2) is 13.2 Å². The third-order valence-corrected chi connectivity index (χ3v) is 8.73. The highest BCUT2D eigenvalue weighted by molar-refractivity contribution is 8.13. The lowest BCUT2D eigenvalue weighted by Gasteiger charge is -2.62. The molecule has 0 aromatic rings. The zero-order valence-corrected chi connectivity index (χ0v) is 17.6. The number of allylic oxidation sites excluding steroid dienone is 4. The Morgan fingerprint density at radius 1 is 1.31 bits per heavy atom. The van der Waals surface area contributed by atoms with Crippen LogP contribution in [0.1, 0.15) is 40.0 Å².